The molecule has 0 spiro atoms. The monoisotopic (exact) mass is 375 g/mol. The third-order valence-corrected chi connectivity index (χ3v) is 1.45. The van der Waals surface area contributed by atoms with E-state index in [2.05, 4.69) is 0 Å². The molecule has 5 nitrogen and oxygen atoms in total. The molecule has 0 aliphatic heterocycles. The number of alkyl halides is 6. The van der Waals surface area contributed by atoms with E-state index in [4.69, 9.17) is 3.67 Å². The molecular weight excluding hydrogens is 365 g/mol. The fourth-order valence-corrected chi connectivity index (χ4v) is 0.653. The first-order chi connectivity index (χ1) is 9.67. The molecule has 0 fully saturated rings. The fourth-order valence-electron chi connectivity index (χ4n) is 0.653. The molecule has 0 aliphatic carbocycles. The summed E-state index contributed by atoms with van der Waals surface area (Å²) in [6.07, 6.45) is -11.8. The van der Waals surface area contributed by atoms with Crippen molar-refractivity contribution >= 4 is 23.1 Å². The van der Waals surface area contributed by atoms with E-state index in [-0.39, 0.29) is 0 Å². The Balaban J connectivity index is -0.000000294. The molecule has 0 unspecified atom stereocenters. The zero-order chi connectivity index (χ0) is 18.7. The van der Waals surface area contributed by atoms with Gasteiger partial charge in [0.1, 0.15) is 11.6 Å². The van der Waals surface area contributed by atoms with Crippen molar-refractivity contribution in [3.05, 3.63) is 0 Å². The zero-order valence-electron chi connectivity index (χ0n) is 11.2. The van der Waals surface area contributed by atoms with Crippen LogP contribution in [-0.2, 0) is 40.2 Å². The van der Waals surface area contributed by atoms with E-state index in [1.807, 2.05) is 0 Å². The molecule has 0 aliphatic rings. The van der Waals surface area contributed by atoms with Crippen LogP contribution in [0.3, 0.4) is 0 Å². The van der Waals surface area contributed by atoms with E-state index in [1.165, 1.54) is 0 Å². The van der Waals surface area contributed by atoms with E-state index in [9.17, 15) is 45.5 Å². The Bertz CT molecular complexity index is 377. The number of hydrogen-bond donors (Lipinski definition) is 0. The molecule has 0 radical (unpaired) electrons. The van der Waals surface area contributed by atoms with E-state index in [0.29, 0.717) is 0 Å². The molecule has 0 aromatic carbocycles. The summed E-state index contributed by atoms with van der Waals surface area (Å²) in [5, 5.41) is 0. The van der Waals surface area contributed by atoms with Crippen LogP contribution < -0.4 is 0 Å². The number of hydrogen-bond acceptors (Lipinski definition) is 5. The van der Waals surface area contributed by atoms with Gasteiger partial charge in [0.15, 0.2) is 0 Å². The van der Waals surface area contributed by atoms with Gasteiger partial charge in [-0.25, -0.2) is 0 Å². The molecule has 0 bridgehead atoms. The van der Waals surface area contributed by atoms with Crippen LogP contribution in [-0.4, -0.2) is 35.5 Å². The third kappa shape index (κ3) is 16.7. The maximum absolute atomic E-state index is 11.3. The Kier molecular flexibility index (Phi) is 13.1. The minimum atomic E-state index is -4.87. The summed E-state index contributed by atoms with van der Waals surface area (Å²) in [6.45, 7) is 1.87. The molecule has 0 aromatic heterocycles. The van der Waals surface area contributed by atoms with Crippen LogP contribution in [0, 0.1) is 0 Å². The van der Waals surface area contributed by atoms with Gasteiger partial charge in [-0.1, -0.05) is 0 Å². The number of carbonyl (C=O) groups is 4. The Hall–Kier alpha value is -1.36. The predicted octanol–water partition coefficient (Wildman–Crippen LogP) is 2.07. The summed E-state index contributed by atoms with van der Waals surface area (Å²) in [4.78, 5) is 39.8. The Morgan fingerprint density at radius 2 is 0.864 bits per heavy atom. The topological polar surface area (TPSA) is 85.3 Å². The molecule has 0 atom stereocenters. The quantitative estimate of drug-likeness (QED) is 0.555. The molecule has 22 heavy (non-hydrogen) atoms. The first-order valence-electron chi connectivity index (χ1n) is 5.05. The van der Waals surface area contributed by atoms with Gasteiger partial charge in [0.2, 0.25) is 11.6 Å². The van der Waals surface area contributed by atoms with Crippen molar-refractivity contribution in [2.24, 2.45) is 0 Å². The second-order valence-electron chi connectivity index (χ2n) is 3.60. The summed E-state index contributed by atoms with van der Waals surface area (Å²) in [6, 6.07) is 0. The molecule has 0 heterocycles. The number of ketones is 4. The van der Waals surface area contributed by atoms with Crippen molar-refractivity contribution in [2.45, 2.75) is 39.0 Å². The van der Waals surface area contributed by atoms with Crippen LogP contribution in [0.2, 0.25) is 0 Å². The first-order valence-corrected chi connectivity index (χ1v) is 5.62. The van der Waals surface area contributed by atoms with Gasteiger partial charge in [-0.05, 0) is 13.8 Å². The number of rotatable bonds is 4. The zero-order valence-corrected chi connectivity index (χ0v) is 12.6. The maximum atomic E-state index is 11.3. The average molecular weight is 375 g/mol. The van der Waals surface area contributed by atoms with Gasteiger partial charge in [0, 0.05) is 0 Å². The molecule has 0 saturated heterocycles. The summed E-state index contributed by atoms with van der Waals surface area (Å²) in [5.41, 5.74) is 0. The van der Waals surface area contributed by atoms with Crippen molar-refractivity contribution in [3.63, 3.8) is 0 Å². The van der Waals surface area contributed by atoms with Crippen molar-refractivity contribution in [1.82, 2.24) is 0 Å². The first kappa shape index (κ1) is 25.6. The molecule has 0 saturated carbocycles. The van der Waals surface area contributed by atoms with Gasteiger partial charge in [-0.3, -0.25) is 19.2 Å². The number of halogens is 6. The van der Waals surface area contributed by atoms with Gasteiger partial charge in [0.25, 0.3) is 0 Å². The molecule has 0 amide bonds. The minimum absolute atomic E-state index is 0.776. The fraction of sp³-hybridized carbons (Fsp3) is 0.600. The van der Waals surface area contributed by atoms with Crippen molar-refractivity contribution in [1.29, 1.82) is 0 Å². The van der Waals surface area contributed by atoms with Crippen LogP contribution >= 0.6 is 0 Å². The van der Waals surface area contributed by atoms with Crippen LogP contribution in [0.4, 0.5) is 26.3 Å². The third-order valence-electron chi connectivity index (χ3n) is 1.45. The van der Waals surface area contributed by atoms with Crippen molar-refractivity contribution < 1.29 is 66.6 Å². The average Bonchev–Trinajstić information content (AvgIpc) is 2.28. The molecule has 0 N–H and O–H groups in total. The predicted molar refractivity (Wildman–Crippen MR) is 53.4 cm³/mol. The normalized spacial score (nSPS) is 10.3. The molecule has 0 rings (SSSR count). The summed E-state index contributed by atoms with van der Waals surface area (Å²) < 4.78 is 76.0. The summed E-state index contributed by atoms with van der Waals surface area (Å²) >= 11 is 1.06. The van der Waals surface area contributed by atoms with E-state index >= 15 is 0 Å². The molecule has 127 valence electrons. The Morgan fingerprint density at radius 1 is 0.682 bits per heavy atom. The van der Waals surface area contributed by atoms with Crippen LogP contribution in [0.5, 0.6) is 0 Å². The summed E-state index contributed by atoms with van der Waals surface area (Å²) in [7, 11) is 0. The Morgan fingerprint density at radius 3 is 0.909 bits per heavy atom. The van der Waals surface area contributed by atoms with E-state index < -0.39 is 48.3 Å². The van der Waals surface area contributed by atoms with Crippen molar-refractivity contribution in [3.8, 4) is 0 Å². The van der Waals surface area contributed by atoms with E-state index in [1.54, 1.807) is 0 Å². The van der Waals surface area contributed by atoms with Gasteiger partial charge in [0.05, 0.1) is 12.8 Å². The standard InChI is InChI=1S/2C5H5F3O2.O.V/c2*1-3(9)2-4(10)5(6,7)8;;/h2*2H2,1H3;;. The van der Waals surface area contributed by atoms with Crippen LogP contribution in [0.15, 0.2) is 0 Å². The van der Waals surface area contributed by atoms with Crippen LogP contribution in [0.1, 0.15) is 26.7 Å². The van der Waals surface area contributed by atoms with Gasteiger partial charge < -0.3 is 0 Å². The number of Topliss-reactive ketones (excluding diaryl/α,β-unsaturated/α-hetero) is 4. The molecular formula is C10H10F6O5V. The molecule has 0 aromatic rings. The van der Waals surface area contributed by atoms with Gasteiger partial charge in [-0.15, -0.1) is 0 Å². The van der Waals surface area contributed by atoms with E-state index in [0.717, 1.165) is 31.2 Å². The van der Waals surface area contributed by atoms with Crippen LogP contribution in [0.25, 0.3) is 0 Å². The van der Waals surface area contributed by atoms with Gasteiger partial charge >= 0.3 is 33.4 Å². The second-order valence-corrected chi connectivity index (χ2v) is 3.60. The van der Waals surface area contributed by atoms with Crippen molar-refractivity contribution in [2.75, 3.05) is 0 Å². The summed E-state index contributed by atoms with van der Waals surface area (Å²) in [5.74, 6) is -5.52. The number of carbonyl (C=O) groups excluding carboxylic acids is 4. The second kappa shape index (κ2) is 11.2. The Labute approximate surface area is 129 Å². The molecule has 12 heteroatoms. The SMILES string of the molecule is CC(=O)CC(=O)C(F)(F)F.CC(=O)CC(=O)C(F)(F)F.[O]=[V]. The van der Waals surface area contributed by atoms with Gasteiger partial charge in [-0.2, -0.15) is 26.3 Å².